The van der Waals surface area contributed by atoms with E-state index < -0.39 is 0 Å². The van der Waals surface area contributed by atoms with Gasteiger partial charge in [-0.05, 0) is 56.3 Å². The van der Waals surface area contributed by atoms with Crippen LogP contribution in [0.2, 0.25) is 0 Å². The molecule has 0 unspecified atom stereocenters. The van der Waals surface area contributed by atoms with Crippen LogP contribution in [0.5, 0.6) is 5.75 Å². The Labute approximate surface area is 166 Å². The molecule has 1 fully saturated rings. The van der Waals surface area contributed by atoms with Crippen LogP contribution in [0, 0.1) is 0 Å². The van der Waals surface area contributed by atoms with Gasteiger partial charge in [0.25, 0.3) is 5.78 Å². The molecule has 0 bridgehead atoms. The molecule has 2 aromatic heterocycles. The van der Waals surface area contributed by atoms with E-state index in [0.717, 1.165) is 34.3 Å². The summed E-state index contributed by atoms with van der Waals surface area (Å²) in [5.74, 6) is 0.256. The third kappa shape index (κ3) is 3.08. The maximum atomic E-state index is 13.0. The lowest BCUT2D eigenvalue weighted by Crippen LogP contribution is -2.29. The molecule has 1 saturated heterocycles. The van der Waals surface area contributed by atoms with Crippen LogP contribution in [0.25, 0.3) is 21.2 Å². The summed E-state index contributed by atoms with van der Waals surface area (Å²) in [6, 6.07) is 12.9. The highest BCUT2D eigenvalue weighted by atomic mass is 32.1. The molecule has 142 valence electrons. The molecular weight excluding hydrogens is 372 g/mol. The van der Waals surface area contributed by atoms with Gasteiger partial charge in [0.05, 0.1) is 15.8 Å². The fourth-order valence-electron chi connectivity index (χ4n) is 3.83. The summed E-state index contributed by atoms with van der Waals surface area (Å²) in [4.78, 5) is 19.7. The largest absolute Gasteiger partial charge is 0.507 e. The molecule has 0 spiro atoms. The maximum absolute atomic E-state index is 13.0. The van der Waals surface area contributed by atoms with Gasteiger partial charge in [-0.2, -0.15) is 0 Å². The first-order chi connectivity index (χ1) is 13.7. The Morgan fingerprint density at radius 1 is 1.14 bits per heavy atom. The fraction of sp³-hybridized carbons (Fsp3) is 0.273. The van der Waals surface area contributed by atoms with Crippen LogP contribution in [-0.4, -0.2) is 33.9 Å². The first-order valence-electron chi connectivity index (χ1n) is 9.56. The molecule has 28 heavy (non-hydrogen) atoms. The summed E-state index contributed by atoms with van der Waals surface area (Å²) in [7, 11) is 0. The number of fused-ring (bicyclic) bond motifs is 2. The lowest BCUT2D eigenvalue weighted by Gasteiger charge is -2.26. The Balaban J connectivity index is 1.51. The SMILES string of the molecule is O=C(c1cc2ccc(O)c(CN3CCCCC3)c2o1)c1nc2ccccc2s1. The number of rotatable bonds is 4. The van der Waals surface area contributed by atoms with E-state index in [2.05, 4.69) is 9.88 Å². The Morgan fingerprint density at radius 3 is 2.79 bits per heavy atom. The molecule has 3 heterocycles. The summed E-state index contributed by atoms with van der Waals surface area (Å²) in [5.41, 5.74) is 2.16. The number of furan rings is 1. The summed E-state index contributed by atoms with van der Waals surface area (Å²) in [6.07, 6.45) is 3.61. The number of phenols is 1. The van der Waals surface area contributed by atoms with Crippen molar-refractivity contribution in [2.75, 3.05) is 13.1 Å². The topological polar surface area (TPSA) is 66.6 Å². The Kier molecular flexibility index (Phi) is 4.37. The predicted molar refractivity (Wildman–Crippen MR) is 110 cm³/mol. The van der Waals surface area contributed by atoms with Gasteiger partial charge in [0.2, 0.25) is 0 Å². The van der Waals surface area contributed by atoms with Gasteiger partial charge < -0.3 is 9.52 Å². The molecule has 6 heteroatoms. The number of hydrogen-bond donors (Lipinski definition) is 1. The number of nitrogens with zero attached hydrogens (tertiary/aromatic N) is 2. The van der Waals surface area contributed by atoms with E-state index in [4.69, 9.17) is 4.42 Å². The molecule has 0 aliphatic carbocycles. The van der Waals surface area contributed by atoms with E-state index in [-0.39, 0.29) is 17.3 Å². The van der Waals surface area contributed by atoms with Crippen molar-refractivity contribution in [3.05, 3.63) is 58.8 Å². The quantitative estimate of drug-likeness (QED) is 0.497. The second-order valence-corrected chi connectivity index (χ2v) is 8.28. The lowest BCUT2D eigenvalue weighted by atomic mass is 10.1. The molecule has 4 aromatic rings. The monoisotopic (exact) mass is 392 g/mol. The van der Waals surface area contributed by atoms with Crippen LogP contribution in [0.4, 0.5) is 0 Å². The smallest absolute Gasteiger partial charge is 0.256 e. The highest BCUT2D eigenvalue weighted by molar-refractivity contribution is 7.20. The Hall–Kier alpha value is -2.70. The highest BCUT2D eigenvalue weighted by Crippen LogP contribution is 2.33. The molecule has 5 nitrogen and oxygen atoms in total. The van der Waals surface area contributed by atoms with Gasteiger partial charge in [-0.15, -0.1) is 11.3 Å². The zero-order chi connectivity index (χ0) is 19.1. The number of thiazole rings is 1. The van der Waals surface area contributed by atoms with Gasteiger partial charge in [-0.1, -0.05) is 18.6 Å². The van der Waals surface area contributed by atoms with Gasteiger partial charge in [-0.3, -0.25) is 9.69 Å². The number of benzene rings is 2. The highest BCUT2D eigenvalue weighted by Gasteiger charge is 2.22. The van der Waals surface area contributed by atoms with Crippen molar-refractivity contribution in [3.8, 4) is 5.75 Å². The van der Waals surface area contributed by atoms with Crippen molar-refractivity contribution >= 4 is 38.3 Å². The number of hydrogen-bond acceptors (Lipinski definition) is 6. The number of aromatic hydroxyl groups is 1. The van der Waals surface area contributed by atoms with E-state index in [1.807, 2.05) is 24.3 Å². The van der Waals surface area contributed by atoms with Crippen LogP contribution < -0.4 is 0 Å². The number of piperidine rings is 1. The fourth-order valence-corrected chi connectivity index (χ4v) is 4.74. The molecule has 0 saturated carbocycles. The summed E-state index contributed by atoms with van der Waals surface area (Å²) < 4.78 is 6.94. The number of ketones is 1. The first kappa shape index (κ1) is 17.4. The number of phenolic OH excluding ortho intramolecular Hbond substituents is 1. The molecule has 5 rings (SSSR count). The van der Waals surface area contributed by atoms with Crippen LogP contribution >= 0.6 is 11.3 Å². The number of carbonyl (C=O) groups excluding carboxylic acids is 1. The normalized spacial score (nSPS) is 15.4. The predicted octanol–water partition coefficient (Wildman–Crippen LogP) is 4.97. The van der Waals surface area contributed by atoms with E-state index >= 15 is 0 Å². The third-order valence-electron chi connectivity index (χ3n) is 5.31. The molecular formula is C22H20N2O3S. The van der Waals surface area contributed by atoms with Crippen molar-refractivity contribution in [1.29, 1.82) is 0 Å². The summed E-state index contributed by atoms with van der Waals surface area (Å²) in [6.45, 7) is 2.67. The lowest BCUT2D eigenvalue weighted by molar-refractivity contribution is 0.101. The standard InChI is InChI=1S/C22H20N2O3S/c25-17-9-8-14-12-18(20(26)22-23-16-6-2-3-7-19(16)28-22)27-21(14)15(17)13-24-10-4-1-5-11-24/h2-3,6-9,12,25H,1,4-5,10-11,13H2. The van der Waals surface area contributed by atoms with Gasteiger partial charge in [0, 0.05) is 11.9 Å². The minimum absolute atomic E-state index is 0.214. The second kappa shape index (κ2) is 7.04. The van der Waals surface area contributed by atoms with Crippen molar-refractivity contribution < 1.29 is 14.3 Å². The van der Waals surface area contributed by atoms with Crippen molar-refractivity contribution in [1.82, 2.24) is 9.88 Å². The van der Waals surface area contributed by atoms with Gasteiger partial charge in [0.15, 0.2) is 10.8 Å². The Morgan fingerprint density at radius 2 is 1.96 bits per heavy atom. The average molecular weight is 392 g/mol. The first-order valence-corrected chi connectivity index (χ1v) is 10.4. The number of carbonyl (C=O) groups is 1. The van der Waals surface area contributed by atoms with E-state index in [9.17, 15) is 9.90 Å². The van der Waals surface area contributed by atoms with Crippen LogP contribution in [0.3, 0.4) is 0 Å². The summed E-state index contributed by atoms with van der Waals surface area (Å²) in [5, 5.41) is 11.7. The second-order valence-electron chi connectivity index (χ2n) is 7.24. The molecule has 1 N–H and O–H groups in total. The van der Waals surface area contributed by atoms with E-state index in [1.54, 1.807) is 18.2 Å². The molecule has 1 aliphatic heterocycles. The zero-order valence-electron chi connectivity index (χ0n) is 15.4. The van der Waals surface area contributed by atoms with Crippen LogP contribution in [0.15, 0.2) is 46.9 Å². The number of likely N-dealkylation sites (tertiary alicyclic amines) is 1. The Bertz CT molecular complexity index is 1140. The van der Waals surface area contributed by atoms with Crippen molar-refractivity contribution in [2.45, 2.75) is 25.8 Å². The third-order valence-corrected chi connectivity index (χ3v) is 6.34. The average Bonchev–Trinajstić information content (AvgIpc) is 3.35. The van der Waals surface area contributed by atoms with Gasteiger partial charge >= 0.3 is 0 Å². The molecule has 1 aliphatic rings. The van der Waals surface area contributed by atoms with Crippen LogP contribution in [0.1, 0.15) is 40.4 Å². The molecule has 0 atom stereocenters. The zero-order valence-corrected chi connectivity index (χ0v) is 16.2. The van der Waals surface area contributed by atoms with E-state index in [0.29, 0.717) is 17.1 Å². The van der Waals surface area contributed by atoms with Crippen molar-refractivity contribution in [2.24, 2.45) is 0 Å². The number of para-hydroxylation sites is 1. The van der Waals surface area contributed by atoms with Gasteiger partial charge in [0.1, 0.15) is 11.3 Å². The maximum Gasteiger partial charge on any atom is 0.256 e. The molecule has 0 amide bonds. The number of aromatic nitrogens is 1. The molecule has 0 radical (unpaired) electrons. The van der Waals surface area contributed by atoms with E-state index in [1.165, 1.54) is 30.6 Å². The minimum atomic E-state index is -0.221. The van der Waals surface area contributed by atoms with Crippen molar-refractivity contribution in [3.63, 3.8) is 0 Å². The van der Waals surface area contributed by atoms with Gasteiger partial charge in [-0.25, -0.2) is 4.98 Å². The summed E-state index contributed by atoms with van der Waals surface area (Å²) >= 11 is 1.37. The molecule has 2 aromatic carbocycles. The minimum Gasteiger partial charge on any atom is -0.507 e. The van der Waals surface area contributed by atoms with Crippen LogP contribution in [-0.2, 0) is 6.54 Å².